The van der Waals surface area contributed by atoms with E-state index in [4.69, 9.17) is 0 Å². The second kappa shape index (κ2) is 5.38. The SMILES string of the molecule is O=S(=O)(c1cn[nH]c1)N1CCC(c2ccccc2)CC1. The lowest BCUT2D eigenvalue weighted by Gasteiger charge is -2.31. The highest BCUT2D eigenvalue weighted by atomic mass is 32.2. The number of sulfonamides is 1. The van der Waals surface area contributed by atoms with E-state index in [-0.39, 0.29) is 4.90 Å². The Morgan fingerprint density at radius 2 is 1.85 bits per heavy atom. The summed E-state index contributed by atoms with van der Waals surface area (Å²) >= 11 is 0. The van der Waals surface area contributed by atoms with E-state index >= 15 is 0 Å². The third-order valence-corrected chi connectivity index (χ3v) is 5.70. The first-order valence-corrected chi connectivity index (χ1v) is 8.16. The van der Waals surface area contributed by atoms with Gasteiger partial charge in [0.25, 0.3) is 0 Å². The molecule has 0 bridgehead atoms. The summed E-state index contributed by atoms with van der Waals surface area (Å²) in [6, 6.07) is 10.3. The molecule has 0 amide bonds. The van der Waals surface area contributed by atoms with Gasteiger partial charge in [-0.2, -0.15) is 9.40 Å². The Morgan fingerprint density at radius 3 is 2.45 bits per heavy atom. The van der Waals surface area contributed by atoms with Gasteiger partial charge in [0.1, 0.15) is 4.90 Å². The molecule has 5 nitrogen and oxygen atoms in total. The monoisotopic (exact) mass is 291 g/mol. The minimum absolute atomic E-state index is 0.246. The predicted molar refractivity (Wildman–Crippen MR) is 75.8 cm³/mol. The molecule has 20 heavy (non-hydrogen) atoms. The van der Waals surface area contributed by atoms with Crippen molar-refractivity contribution in [3.63, 3.8) is 0 Å². The van der Waals surface area contributed by atoms with Gasteiger partial charge in [-0.25, -0.2) is 8.42 Å². The fourth-order valence-corrected chi connectivity index (χ4v) is 4.06. The summed E-state index contributed by atoms with van der Waals surface area (Å²) in [5.74, 6) is 0.451. The van der Waals surface area contributed by atoms with Gasteiger partial charge in [0.15, 0.2) is 0 Å². The zero-order chi connectivity index (χ0) is 14.0. The standard InChI is InChI=1S/C14H17N3O2S/c18-20(19,14-10-15-16-11-14)17-8-6-13(7-9-17)12-4-2-1-3-5-12/h1-5,10-11,13H,6-9H2,(H,15,16). The van der Waals surface area contributed by atoms with Crippen molar-refractivity contribution in [2.45, 2.75) is 23.7 Å². The highest BCUT2D eigenvalue weighted by Crippen LogP contribution is 2.30. The summed E-state index contributed by atoms with van der Waals surface area (Å²) < 4.78 is 26.3. The number of nitrogens with zero attached hydrogens (tertiary/aromatic N) is 2. The van der Waals surface area contributed by atoms with Crippen molar-refractivity contribution >= 4 is 10.0 Å². The number of H-pyrrole nitrogens is 1. The average molecular weight is 291 g/mol. The minimum atomic E-state index is -3.38. The number of nitrogens with one attached hydrogen (secondary N) is 1. The van der Waals surface area contributed by atoms with E-state index in [9.17, 15) is 8.42 Å². The van der Waals surface area contributed by atoms with Crippen LogP contribution in [-0.2, 0) is 10.0 Å². The Labute approximate surface area is 118 Å². The van der Waals surface area contributed by atoms with Gasteiger partial charge in [0.05, 0.1) is 6.20 Å². The van der Waals surface area contributed by atoms with Crippen LogP contribution in [0.1, 0.15) is 24.3 Å². The number of aromatic nitrogens is 2. The number of aromatic amines is 1. The largest absolute Gasteiger partial charge is 0.284 e. The van der Waals surface area contributed by atoms with Crippen LogP contribution in [0.2, 0.25) is 0 Å². The van der Waals surface area contributed by atoms with E-state index in [0.717, 1.165) is 12.8 Å². The summed E-state index contributed by atoms with van der Waals surface area (Å²) in [5, 5.41) is 6.27. The zero-order valence-electron chi connectivity index (χ0n) is 11.1. The lowest BCUT2D eigenvalue weighted by molar-refractivity contribution is 0.319. The van der Waals surface area contributed by atoms with Gasteiger partial charge >= 0.3 is 0 Å². The molecule has 1 saturated heterocycles. The van der Waals surface area contributed by atoms with Crippen LogP contribution in [0.3, 0.4) is 0 Å². The van der Waals surface area contributed by atoms with Crippen LogP contribution < -0.4 is 0 Å². The molecule has 0 unspecified atom stereocenters. The summed E-state index contributed by atoms with van der Waals surface area (Å²) in [4.78, 5) is 0.246. The molecule has 6 heteroatoms. The first kappa shape index (κ1) is 13.3. The van der Waals surface area contributed by atoms with Crippen LogP contribution in [0.15, 0.2) is 47.6 Å². The van der Waals surface area contributed by atoms with E-state index in [2.05, 4.69) is 22.3 Å². The quantitative estimate of drug-likeness (QED) is 0.940. The van der Waals surface area contributed by atoms with Crippen LogP contribution in [0, 0.1) is 0 Å². The molecule has 0 radical (unpaired) electrons. The van der Waals surface area contributed by atoms with Gasteiger partial charge in [-0.3, -0.25) is 5.10 Å². The minimum Gasteiger partial charge on any atom is -0.284 e. The van der Waals surface area contributed by atoms with Crippen LogP contribution in [-0.4, -0.2) is 36.0 Å². The van der Waals surface area contributed by atoms with Crippen molar-refractivity contribution in [1.29, 1.82) is 0 Å². The van der Waals surface area contributed by atoms with Crippen molar-refractivity contribution in [3.8, 4) is 0 Å². The van der Waals surface area contributed by atoms with Gasteiger partial charge < -0.3 is 0 Å². The molecule has 1 N–H and O–H groups in total. The summed E-state index contributed by atoms with van der Waals surface area (Å²) in [6.07, 6.45) is 4.51. The fraction of sp³-hybridized carbons (Fsp3) is 0.357. The van der Waals surface area contributed by atoms with Crippen LogP contribution in [0.4, 0.5) is 0 Å². The number of benzene rings is 1. The Balaban J connectivity index is 1.70. The molecule has 1 aromatic heterocycles. The average Bonchev–Trinajstić information content (AvgIpc) is 3.03. The molecular formula is C14H17N3O2S. The van der Waals surface area contributed by atoms with Gasteiger partial charge in [0.2, 0.25) is 10.0 Å². The van der Waals surface area contributed by atoms with Crippen LogP contribution >= 0.6 is 0 Å². The fourth-order valence-electron chi connectivity index (χ4n) is 2.68. The van der Waals surface area contributed by atoms with Gasteiger partial charge in [-0.1, -0.05) is 30.3 Å². The lowest BCUT2D eigenvalue weighted by Crippen LogP contribution is -2.37. The van der Waals surface area contributed by atoms with E-state index in [1.807, 2.05) is 18.2 Å². The maximum absolute atomic E-state index is 12.4. The van der Waals surface area contributed by atoms with E-state index in [0.29, 0.717) is 19.0 Å². The smallest absolute Gasteiger partial charge is 0.246 e. The number of piperidine rings is 1. The van der Waals surface area contributed by atoms with Crippen molar-refractivity contribution in [2.75, 3.05) is 13.1 Å². The summed E-state index contributed by atoms with van der Waals surface area (Å²) in [7, 11) is -3.38. The molecule has 2 aromatic rings. The van der Waals surface area contributed by atoms with E-state index in [1.165, 1.54) is 18.0 Å². The topological polar surface area (TPSA) is 66.1 Å². The molecule has 1 aliphatic rings. The highest BCUT2D eigenvalue weighted by Gasteiger charge is 2.30. The van der Waals surface area contributed by atoms with Crippen molar-refractivity contribution < 1.29 is 8.42 Å². The lowest BCUT2D eigenvalue weighted by atomic mass is 9.90. The van der Waals surface area contributed by atoms with Crippen LogP contribution in [0.5, 0.6) is 0 Å². The van der Waals surface area contributed by atoms with Gasteiger partial charge in [-0.15, -0.1) is 0 Å². The third-order valence-electron chi connectivity index (χ3n) is 3.84. The molecule has 1 fully saturated rings. The second-order valence-corrected chi connectivity index (χ2v) is 6.96. The van der Waals surface area contributed by atoms with Crippen molar-refractivity contribution in [1.82, 2.24) is 14.5 Å². The van der Waals surface area contributed by atoms with E-state index in [1.54, 1.807) is 4.31 Å². The molecule has 0 saturated carbocycles. The Hall–Kier alpha value is -1.66. The Morgan fingerprint density at radius 1 is 1.15 bits per heavy atom. The molecule has 3 rings (SSSR count). The molecule has 1 aromatic carbocycles. The maximum atomic E-state index is 12.4. The third kappa shape index (κ3) is 2.48. The first-order valence-electron chi connectivity index (χ1n) is 6.72. The summed E-state index contributed by atoms with van der Waals surface area (Å²) in [5.41, 5.74) is 1.30. The number of hydrogen-bond acceptors (Lipinski definition) is 3. The molecule has 2 heterocycles. The Bertz CT molecular complexity index is 645. The molecule has 0 atom stereocenters. The van der Waals surface area contributed by atoms with Gasteiger partial charge in [-0.05, 0) is 24.3 Å². The number of hydrogen-bond donors (Lipinski definition) is 1. The van der Waals surface area contributed by atoms with Crippen LogP contribution in [0.25, 0.3) is 0 Å². The maximum Gasteiger partial charge on any atom is 0.246 e. The van der Waals surface area contributed by atoms with E-state index < -0.39 is 10.0 Å². The summed E-state index contributed by atoms with van der Waals surface area (Å²) in [6.45, 7) is 1.13. The predicted octanol–water partition coefficient (Wildman–Crippen LogP) is 1.98. The molecule has 0 spiro atoms. The second-order valence-electron chi connectivity index (χ2n) is 5.02. The molecule has 106 valence electrons. The van der Waals surface area contributed by atoms with Gasteiger partial charge in [0, 0.05) is 19.3 Å². The first-order chi connectivity index (χ1) is 9.68. The zero-order valence-corrected chi connectivity index (χ0v) is 11.9. The highest BCUT2D eigenvalue weighted by molar-refractivity contribution is 7.89. The molecular weight excluding hydrogens is 274 g/mol. The van der Waals surface area contributed by atoms with Crippen molar-refractivity contribution in [3.05, 3.63) is 48.3 Å². The molecule has 0 aliphatic carbocycles. The molecule has 1 aliphatic heterocycles. The normalized spacial score (nSPS) is 18.2. The van der Waals surface area contributed by atoms with Crippen molar-refractivity contribution in [2.24, 2.45) is 0 Å². The Kier molecular flexibility index (Phi) is 3.58. The number of rotatable bonds is 3.